The van der Waals surface area contributed by atoms with E-state index < -0.39 is 24.8 Å². The van der Waals surface area contributed by atoms with Crippen LogP contribution in [-0.2, 0) is 0 Å². The number of halogens is 3. The highest BCUT2D eigenvalue weighted by molar-refractivity contribution is 4.83. The van der Waals surface area contributed by atoms with Crippen LogP contribution in [0.25, 0.3) is 0 Å². The average Bonchev–Trinajstić information content (AvgIpc) is 2.01. The Balaban J connectivity index is 4.40. The minimum Gasteiger partial charge on any atom is -0.395 e. The van der Waals surface area contributed by atoms with Gasteiger partial charge in [0.1, 0.15) is 0 Å². The zero-order valence-electron chi connectivity index (χ0n) is 9.25. The van der Waals surface area contributed by atoms with Gasteiger partial charge in [0.2, 0.25) is 0 Å². The van der Waals surface area contributed by atoms with E-state index >= 15 is 0 Å². The lowest BCUT2D eigenvalue weighted by Gasteiger charge is -2.33. The first kappa shape index (κ1) is 14.7. The van der Waals surface area contributed by atoms with Crippen molar-refractivity contribution in [2.45, 2.75) is 32.1 Å². The van der Waals surface area contributed by atoms with Gasteiger partial charge in [0, 0.05) is 12.1 Å². The number of nitrogens with zero attached hydrogens (tertiary/aromatic N) is 1. The van der Waals surface area contributed by atoms with Gasteiger partial charge in [-0.25, -0.2) is 0 Å². The fourth-order valence-corrected chi connectivity index (χ4v) is 1.40. The van der Waals surface area contributed by atoms with Crippen LogP contribution in [0.5, 0.6) is 0 Å². The van der Waals surface area contributed by atoms with Crippen LogP contribution in [0.15, 0.2) is 0 Å². The van der Waals surface area contributed by atoms with Crippen molar-refractivity contribution in [3.05, 3.63) is 0 Å². The van der Waals surface area contributed by atoms with Gasteiger partial charge < -0.3 is 10.8 Å². The minimum atomic E-state index is -4.27. The van der Waals surface area contributed by atoms with Gasteiger partial charge in [-0.2, -0.15) is 13.2 Å². The Hall–Kier alpha value is -0.330. The molecule has 0 fully saturated rings. The van der Waals surface area contributed by atoms with Gasteiger partial charge in [0.05, 0.1) is 13.2 Å². The van der Waals surface area contributed by atoms with Crippen molar-refractivity contribution < 1.29 is 18.3 Å². The van der Waals surface area contributed by atoms with Gasteiger partial charge in [-0.1, -0.05) is 13.8 Å². The number of nitrogens with two attached hydrogens (primary N) is 1. The molecule has 0 bridgehead atoms. The van der Waals surface area contributed by atoms with Crippen LogP contribution in [0.4, 0.5) is 13.2 Å². The Kier molecular flexibility index (Phi) is 5.55. The first-order valence-corrected chi connectivity index (χ1v) is 4.82. The van der Waals surface area contributed by atoms with E-state index in [-0.39, 0.29) is 12.5 Å². The summed E-state index contributed by atoms with van der Waals surface area (Å²) in [5.41, 5.74) is 5.72. The average molecular weight is 228 g/mol. The molecule has 0 amide bonds. The number of rotatable bonds is 5. The van der Waals surface area contributed by atoms with Crippen molar-refractivity contribution in [1.29, 1.82) is 0 Å². The molecule has 0 aliphatic heterocycles. The third-order valence-electron chi connectivity index (χ3n) is 2.40. The molecule has 15 heavy (non-hydrogen) atoms. The maximum absolute atomic E-state index is 12.1. The summed E-state index contributed by atoms with van der Waals surface area (Å²) in [5, 5.41) is 9.02. The number of aliphatic hydroxyl groups is 1. The van der Waals surface area contributed by atoms with Crippen molar-refractivity contribution in [2.24, 2.45) is 11.7 Å². The van der Waals surface area contributed by atoms with Crippen LogP contribution in [0.2, 0.25) is 0 Å². The van der Waals surface area contributed by atoms with Crippen molar-refractivity contribution in [3.8, 4) is 0 Å². The number of likely N-dealkylation sites (N-methyl/N-ethyl adjacent to an activating group) is 1. The van der Waals surface area contributed by atoms with Gasteiger partial charge >= 0.3 is 6.18 Å². The van der Waals surface area contributed by atoms with Crippen LogP contribution in [0.1, 0.15) is 13.8 Å². The molecule has 0 aliphatic rings. The molecule has 0 aromatic carbocycles. The summed E-state index contributed by atoms with van der Waals surface area (Å²) < 4.78 is 36.3. The molecule has 0 radical (unpaired) electrons. The van der Waals surface area contributed by atoms with E-state index in [2.05, 4.69) is 0 Å². The summed E-state index contributed by atoms with van der Waals surface area (Å²) in [6, 6.07) is -1.13. The van der Waals surface area contributed by atoms with E-state index in [0.717, 1.165) is 4.90 Å². The predicted octanol–water partition coefficient (Wildman–Crippen LogP) is 0.825. The molecule has 0 aliphatic carbocycles. The Morgan fingerprint density at radius 2 is 1.80 bits per heavy atom. The molecule has 92 valence electrons. The molecule has 0 saturated heterocycles. The molecule has 0 aromatic heterocycles. The monoisotopic (exact) mass is 228 g/mol. The zero-order valence-corrected chi connectivity index (χ0v) is 9.25. The van der Waals surface area contributed by atoms with Gasteiger partial charge in [0.15, 0.2) is 0 Å². The molecule has 3 N–H and O–H groups in total. The number of aliphatic hydroxyl groups excluding tert-OH is 1. The summed E-state index contributed by atoms with van der Waals surface area (Å²) in [4.78, 5) is 1.05. The zero-order chi connectivity index (χ0) is 12.2. The van der Waals surface area contributed by atoms with Gasteiger partial charge in [-0.3, -0.25) is 4.90 Å². The molecule has 2 unspecified atom stereocenters. The highest BCUT2D eigenvalue weighted by atomic mass is 19.4. The summed E-state index contributed by atoms with van der Waals surface area (Å²) in [6.45, 7) is 2.20. The van der Waals surface area contributed by atoms with Crippen LogP contribution >= 0.6 is 0 Å². The quantitative estimate of drug-likeness (QED) is 0.732. The first-order valence-electron chi connectivity index (χ1n) is 4.82. The number of alkyl halides is 3. The van der Waals surface area contributed by atoms with Crippen LogP contribution in [0, 0.1) is 5.92 Å². The third-order valence-corrected chi connectivity index (χ3v) is 2.40. The third kappa shape index (κ3) is 5.34. The summed E-state index contributed by atoms with van der Waals surface area (Å²) in [7, 11) is 1.32. The Morgan fingerprint density at radius 1 is 1.33 bits per heavy atom. The van der Waals surface area contributed by atoms with E-state index in [4.69, 9.17) is 10.8 Å². The van der Waals surface area contributed by atoms with E-state index in [1.807, 2.05) is 13.8 Å². The van der Waals surface area contributed by atoms with Crippen LogP contribution < -0.4 is 5.73 Å². The van der Waals surface area contributed by atoms with E-state index in [1.165, 1.54) is 7.05 Å². The van der Waals surface area contributed by atoms with Crippen LogP contribution in [-0.4, -0.2) is 48.5 Å². The summed E-state index contributed by atoms with van der Waals surface area (Å²) in [5.74, 6) is 0.0258. The fraction of sp³-hybridized carbons (Fsp3) is 1.00. The lowest BCUT2D eigenvalue weighted by atomic mass is 9.97. The first-order chi connectivity index (χ1) is 6.69. The van der Waals surface area contributed by atoms with Gasteiger partial charge in [0.25, 0.3) is 0 Å². The second-order valence-electron chi connectivity index (χ2n) is 4.10. The molecule has 0 saturated carbocycles. The largest absolute Gasteiger partial charge is 0.401 e. The smallest absolute Gasteiger partial charge is 0.395 e. The maximum atomic E-state index is 12.1. The highest BCUT2D eigenvalue weighted by Gasteiger charge is 2.34. The normalized spacial score (nSPS) is 17.2. The minimum absolute atomic E-state index is 0.0258. The second kappa shape index (κ2) is 5.67. The van der Waals surface area contributed by atoms with E-state index in [0.29, 0.717) is 0 Å². The van der Waals surface area contributed by atoms with E-state index in [1.54, 1.807) is 0 Å². The van der Waals surface area contributed by atoms with Crippen molar-refractivity contribution >= 4 is 0 Å². The fourth-order valence-electron chi connectivity index (χ4n) is 1.40. The van der Waals surface area contributed by atoms with Crippen molar-refractivity contribution in [2.75, 3.05) is 20.2 Å². The molecule has 0 heterocycles. The number of hydrogen-bond donors (Lipinski definition) is 2. The molecule has 3 nitrogen and oxygen atoms in total. The highest BCUT2D eigenvalue weighted by Crippen LogP contribution is 2.18. The topological polar surface area (TPSA) is 49.5 Å². The van der Waals surface area contributed by atoms with Crippen LogP contribution in [0.3, 0.4) is 0 Å². The molecule has 0 aromatic rings. The molecular weight excluding hydrogens is 209 g/mol. The predicted molar refractivity (Wildman–Crippen MR) is 52.4 cm³/mol. The van der Waals surface area contributed by atoms with Crippen molar-refractivity contribution in [1.82, 2.24) is 4.90 Å². The standard InChI is InChI=1S/C9H19F3N2O/c1-6(2)8(13)7(4-15)14(3)5-9(10,11)12/h6-8,15H,4-5,13H2,1-3H3. The molecule has 6 heteroatoms. The van der Waals surface area contributed by atoms with Gasteiger partial charge in [-0.15, -0.1) is 0 Å². The lowest BCUT2D eigenvalue weighted by molar-refractivity contribution is -0.150. The van der Waals surface area contributed by atoms with Crippen molar-refractivity contribution in [3.63, 3.8) is 0 Å². The molecular formula is C9H19F3N2O. The Labute approximate surface area is 88.0 Å². The molecule has 0 rings (SSSR count). The lowest BCUT2D eigenvalue weighted by Crippen LogP contribution is -2.53. The Morgan fingerprint density at radius 3 is 2.07 bits per heavy atom. The Bertz CT molecular complexity index is 185. The molecule has 0 spiro atoms. The summed E-state index contributed by atoms with van der Waals surface area (Å²) >= 11 is 0. The van der Waals surface area contributed by atoms with E-state index in [9.17, 15) is 13.2 Å². The summed E-state index contributed by atoms with van der Waals surface area (Å²) in [6.07, 6.45) is -4.27. The SMILES string of the molecule is CC(C)C(N)C(CO)N(C)CC(F)(F)F. The second-order valence-corrected chi connectivity index (χ2v) is 4.10. The maximum Gasteiger partial charge on any atom is 0.401 e. The molecule has 2 atom stereocenters. The van der Waals surface area contributed by atoms with Gasteiger partial charge in [-0.05, 0) is 13.0 Å². The number of hydrogen-bond acceptors (Lipinski definition) is 3.